The van der Waals surface area contributed by atoms with Crippen molar-refractivity contribution in [3.05, 3.63) is 59.7 Å². The number of anilines is 1. The first kappa shape index (κ1) is 21.3. The first-order valence-electron chi connectivity index (χ1n) is 10.6. The fraction of sp³-hybridized carbons (Fsp3) is 0.333. The Bertz CT molecular complexity index is 1060. The van der Waals surface area contributed by atoms with Gasteiger partial charge in [0.1, 0.15) is 11.9 Å². The molecule has 6 nitrogen and oxygen atoms in total. The molecule has 0 fully saturated rings. The van der Waals surface area contributed by atoms with Gasteiger partial charge in [-0.2, -0.15) is 0 Å². The van der Waals surface area contributed by atoms with Crippen molar-refractivity contribution in [3.8, 4) is 0 Å². The number of nitrogens with one attached hydrogen (secondary N) is 1. The van der Waals surface area contributed by atoms with E-state index < -0.39 is 0 Å². The van der Waals surface area contributed by atoms with Crippen LogP contribution in [0.2, 0.25) is 0 Å². The number of carbonyl (C=O) groups is 2. The second kappa shape index (κ2) is 9.06. The monoisotopic (exact) mass is 434 g/mol. The van der Waals surface area contributed by atoms with Crippen molar-refractivity contribution in [2.24, 2.45) is 9.98 Å². The lowest BCUT2D eigenvalue weighted by atomic mass is 10.0. The molecule has 0 radical (unpaired) electrons. The summed E-state index contributed by atoms with van der Waals surface area (Å²) in [5, 5.41) is 3.42. The Morgan fingerprint density at radius 1 is 1.16 bits per heavy atom. The summed E-state index contributed by atoms with van der Waals surface area (Å²) in [4.78, 5) is 36.5. The lowest BCUT2D eigenvalue weighted by molar-refractivity contribution is -0.124. The van der Waals surface area contributed by atoms with E-state index in [0.29, 0.717) is 23.3 Å². The predicted molar refractivity (Wildman–Crippen MR) is 127 cm³/mol. The lowest BCUT2D eigenvalue weighted by Crippen LogP contribution is -2.41. The highest BCUT2D eigenvalue weighted by atomic mass is 32.2. The van der Waals surface area contributed by atoms with Gasteiger partial charge in [0.25, 0.3) is 5.91 Å². The van der Waals surface area contributed by atoms with E-state index in [4.69, 9.17) is 0 Å². The number of hydrogen-bond donors (Lipinski definition) is 1. The second-order valence-electron chi connectivity index (χ2n) is 7.96. The molecule has 2 heterocycles. The average molecular weight is 435 g/mol. The Hall–Kier alpha value is -2.93. The third-order valence-electron chi connectivity index (χ3n) is 5.30. The van der Waals surface area contributed by atoms with Crippen molar-refractivity contribution < 1.29 is 9.59 Å². The molecule has 0 saturated heterocycles. The van der Waals surface area contributed by atoms with Crippen LogP contribution in [0.3, 0.4) is 0 Å². The zero-order valence-corrected chi connectivity index (χ0v) is 18.8. The maximum absolute atomic E-state index is 13.0. The molecule has 1 atom stereocenters. The summed E-state index contributed by atoms with van der Waals surface area (Å²) in [7, 11) is 0. The van der Waals surface area contributed by atoms with Gasteiger partial charge in [-0.1, -0.05) is 63.2 Å². The number of hydrogen-bond acceptors (Lipinski definition) is 5. The van der Waals surface area contributed by atoms with Crippen LogP contribution in [0.5, 0.6) is 0 Å². The van der Waals surface area contributed by atoms with Gasteiger partial charge in [-0.15, -0.1) is 0 Å². The maximum atomic E-state index is 13.0. The standard InChI is InChI=1S/C24H26N4O2S/c1-4-7-20-23(30)28-22(26-20)18-8-5-6-9-19(18)27-24(28)31-14-21(29)25-17-12-10-16(11-13-17)15(2)3/h5-6,8-13,15,20H,4,7,14H2,1-3H3,(H,25,29)/t20-/m0/s1. The molecule has 0 saturated carbocycles. The molecule has 0 aromatic heterocycles. The second-order valence-corrected chi connectivity index (χ2v) is 8.90. The first-order valence-corrected chi connectivity index (χ1v) is 11.6. The van der Waals surface area contributed by atoms with Gasteiger partial charge >= 0.3 is 0 Å². The molecular formula is C24H26N4O2S. The zero-order valence-electron chi connectivity index (χ0n) is 18.0. The predicted octanol–water partition coefficient (Wildman–Crippen LogP) is 4.94. The molecule has 0 aliphatic carbocycles. The molecule has 0 spiro atoms. The maximum Gasteiger partial charge on any atom is 0.259 e. The first-order chi connectivity index (χ1) is 15.0. The van der Waals surface area contributed by atoms with Crippen LogP contribution in [0.1, 0.15) is 50.7 Å². The number of carbonyl (C=O) groups excluding carboxylic acids is 2. The fourth-order valence-corrected chi connectivity index (χ4v) is 4.44. The van der Waals surface area contributed by atoms with Crippen molar-refractivity contribution in [1.82, 2.24) is 4.90 Å². The van der Waals surface area contributed by atoms with Crippen LogP contribution < -0.4 is 5.32 Å². The highest BCUT2D eigenvalue weighted by Gasteiger charge is 2.40. The zero-order chi connectivity index (χ0) is 22.0. The summed E-state index contributed by atoms with van der Waals surface area (Å²) in [6, 6.07) is 15.2. The van der Waals surface area contributed by atoms with Crippen LogP contribution in [0.15, 0.2) is 58.5 Å². The Morgan fingerprint density at radius 2 is 1.90 bits per heavy atom. The van der Waals surface area contributed by atoms with Crippen LogP contribution >= 0.6 is 11.8 Å². The highest BCUT2D eigenvalue weighted by Crippen LogP contribution is 2.34. The summed E-state index contributed by atoms with van der Waals surface area (Å²) >= 11 is 1.26. The highest BCUT2D eigenvalue weighted by molar-refractivity contribution is 8.14. The topological polar surface area (TPSA) is 74.1 Å². The third-order valence-corrected chi connectivity index (χ3v) is 6.24. The number of benzene rings is 2. The van der Waals surface area contributed by atoms with Crippen LogP contribution in [0.4, 0.5) is 11.4 Å². The number of aliphatic imine (C=N–C) groups is 2. The van der Waals surface area contributed by atoms with Crippen molar-refractivity contribution in [1.29, 1.82) is 0 Å². The van der Waals surface area contributed by atoms with Crippen molar-refractivity contribution in [2.45, 2.75) is 45.6 Å². The molecule has 2 aliphatic rings. The quantitative estimate of drug-likeness (QED) is 0.700. The largest absolute Gasteiger partial charge is 0.325 e. The van der Waals surface area contributed by atoms with Gasteiger partial charge in [0, 0.05) is 11.3 Å². The van der Waals surface area contributed by atoms with Crippen molar-refractivity contribution in [2.75, 3.05) is 11.1 Å². The summed E-state index contributed by atoms with van der Waals surface area (Å²) in [6.45, 7) is 6.31. The summed E-state index contributed by atoms with van der Waals surface area (Å²) in [6.07, 6.45) is 1.58. The van der Waals surface area contributed by atoms with Gasteiger partial charge in [0.05, 0.1) is 11.4 Å². The van der Waals surface area contributed by atoms with Crippen LogP contribution in [-0.2, 0) is 9.59 Å². The van der Waals surface area contributed by atoms with Gasteiger partial charge in [-0.05, 0) is 42.2 Å². The van der Waals surface area contributed by atoms with E-state index in [2.05, 4.69) is 29.1 Å². The number of fused-ring (bicyclic) bond motifs is 3. The molecule has 0 unspecified atom stereocenters. The van der Waals surface area contributed by atoms with E-state index in [1.54, 1.807) is 4.90 Å². The molecule has 31 heavy (non-hydrogen) atoms. The van der Waals surface area contributed by atoms with Gasteiger partial charge in [-0.25, -0.2) is 9.89 Å². The SMILES string of the molecule is CCC[C@@H]1N=C2c3ccccc3N=C(SCC(=O)Nc3ccc(C(C)C)cc3)N2C1=O. The number of para-hydroxylation sites is 1. The number of amides is 2. The molecule has 1 N–H and O–H groups in total. The molecule has 0 bridgehead atoms. The minimum Gasteiger partial charge on any atom is -0.325 e. The summed E-state index contributed by atoms with van der Waals surface area (Å²) in [5.41, 5.74) is 3.61. The molecular weight excluding hydrogens is 408 g/mol. The molecule has 160 valence electrons. The van der Waals surface area contributed by atoms with Gasteiger partial charge in [-0.3, -0.25) is 14.6 Å². The Morgan fingerprint density at radius 3 is 2.61 bits per heavy atom. The van der Waals surface area contributed by atoms with Gasteiger partial charge < -0.3 is 5.32 Å². The normalized spacial score (nSPS) is 17.2. The minimum atomic E-state index is -0.384. The van der Waals surface area contributed by atoms with Gasteiger partial charge in [0.15, 0.2) is 5.17 Å². The van der Waals surface area contributed by atoms with E-state index in [1.165, 1.54) is 17.3 Å². The van der Waals surface area contributed by atoms with E-state index in [-0.39, 0.29) is 23.6 Å². The van der Waals surface area contributed by atoms with Crippen LogP contribution in [0, 0.1) is 0 Å². The number of amidine groups is 2. The van der Waals surface area contributed by atoms with E-state index in [1.807, 2.05) is 55.5 Å². The number of nitrogens with zero attached hydrogens (tertiary/aromatic N) is 3. The molecule has 2 aliphatic heterocycles. The Kier molecular flexibility index (Phi) is 6.23. The lowest BCUT2D eigenvalue weighted by Gasteiger charge is -2.25. The molecule has 2 aromatic rings. The third kappa shape index (κ3) is 4.42. The van der Waals surface area contributed by atoms with Crippen LogP contribution in [0.25, 0.3) is 0 Å². The molecule has 7 heteroatoms. The fourth-order valence-electron chi connectivity index (χ4n) is 3.64. The van der Waals surface area contributed by atoms with Crippen LogP contribution in [-0.4, -0.2) is 39.5 Å². The van der Waals surface area contributed by atoms with Crippen molar-refractivity contribution >= 4 is 46.0 Å². The molecule has 4 rings (SSSR count). The Balaban J connectivity index is 1.49. The Labute approximate surface area is 186 Å². The summed E-state index contributed by atoms with van der Waals surface area (Å²) in [5.74, 6) is 1.03. The van der Waals surface area contributed by atoms with Crippen molar-refractivity contribution in [3.63, 3.8) is 0 Å². The molecule has 2 aromatic carbocycles. The van der Waals surface area contributed by atoms with E-state index in [9.17, 15) is 9.59 Å². The van der Waals surface area contributed by atoms with E-state index >= 15 is 0 Å². The van der Waals surface area contributed by atoms with E-state index in [0.717, 1.165) is 23.4 Å². The minimum absolute atomic E-state index is 0.0673. The average Bonchev–Trinajstić information content (AvgIpc) is 3.09. The summed E-state index contributed by atoms with van der Waals surface area (Å²) < 4.78 is 0. The van der Waals surface area contributed by atoms with Gasteiger partial charge in [0.2, 0.25) is 5.91 Å². The smallest absolute Gasteiger partial charge is 0.259 e. The number of thioether (sulfide) groups is 1. The number of rotatable bonds is 6. The molecule has 2 amide bonds.